The molecule has 2 heterocycles. The maximum atomic E-state index is 5.60. The number of benzene rings is 2. The van der Waals surface area contributed by atoms with Crippen LogP contribution in [0.15, 0.2) is 55.1 Å². The SMILES string of the molecule is C=CCN1CCN(C(c2ccc(OC)c(OC)c2)c2nnnn2Cc2ccc(OC)cc2)CC1. The van der Waals surface area contributed by atoms with Crippen LogP contribution in [0.3, 0.4) is 0 Å². The van der Waals surface area contributed by atoms with Crippen LogP contribution in [0.5, 0.6) is 17.2 Å². The third kappa shape index (κ3) is 5.21. The molecule has 1 aliphatic rings. The summed E-state index contributed by atoms with van der Waals surface area (Å²) < 4.78 is 18.2. The highest BCUT2D eigenvalue weighted by Gasteiger charge is 2.31. The lowest BCUT2D eigenvalue weighted by atomic mass is 10.0. The third-order valence-corrected chi connectivity index (χ3v) is 6.18. The Balaban J connectivity index is 1.68. The Morgan fingerprint density at radius 2 is 1.68 bits per heavy atom. The highest BCUT2D eigenvalue weighted by atomic mass is 16.5. The summed E-state index contributed by atoms with van der Waals surface area (Å²) in [4.78, 5) is 4.83. The topological polar surface area (TPSA) is 77.8 Å². The molecule has 0 spiro atoms. The van der Waals surface area contributed by atoms with E-state index in [-0.39, 0.29) is 6.04 Å². The predicted molar refractivity (Wildman–Crippen MR) is 130 cm³/mol. The quantitative estimate of drug-likeness (QED) is 0.424. The van der Waals surface area contributed by atoms with Gasteiger partial charge in [-0.3, -0.25) is 9.80 Å². The number of aromatic nitrogens is 4. The van der Waals surface area contributed by atoms with Crippen LogP contribution in [0, 0.1) is 0 Å². The van der Waals surface area contributed by atoms with E-state index in [9.17, 15) is 0 Å². The van der Waals surface area contributed by atoms with Crippen molar-refractivity contribution in [1.82, 2.24) is 30.0 Å². The summed E-state index contributed by atoms with van der Waals surface area (Å²) in [6.07, 6.45) is 1.96. The van der Waals surface area contributed by atoms with Gasteiger partial charge in [0, 0.05) is 32.7 Å². The lowest BCUT2D eigenvalue weighted by molar-refractivity contribution is 0.112. The van der Waals surface area contributed by atoms with Crippen LogP contribution in [-0.4, -0.2) is 84.1 Å². The molecule has 0 N–H and O–H groups in total. The van der Waals surface area contributed by atoms with Crippen molar-refractivity contribution in [2.24, 2.45) is 0 Å². The summed E-state index contributed by atoms with van der Waals surface area (Å²) in [5, 5.41) is 12.9. The minimum Gasteiger partial charge on any atom is -0.497 e. The molecule has 3 aromatic rings. The normalized spacial score (nSPS) is 15.6. The van der Waals surface area contributed by atoms with E-state index < -0.39 is 0 Å². The molecule has 180 valence electrons. The fourth-order valence-corrected chi connectivity index (χ4v) is 4.36. The minimum atomic E-state index is -0.126. The molecule has 9 nitrogen and oxygen atoms in total. The van der Waals surface area contributed by atoms with Crippen molar-refractivity contribution in [2.75, 3.05) is 54.1 Å². The molecule has 1 unspecified atom stereocenters. The van der Waals surface area contributed by atoms with Crippen LogP contribution in [0.2, 0.25) is 0 Å². The van der Waals surface area contributed by atoms with Gasteiger partial charge < -0.3 is 14.2 Å². The second-order valence-electron chi connectivity index (χ2n) is 8.19. The summed E-state index contributed by atoms with van der Waals surface area (Å²) in [5.41, 5.74) is 2.15. The van der Waals surface area contributed by atoms with Crippen LogP contribution < -0.4 is 14.2 Å². The highest BCUT2D eigenvalue weighted by Crippen LogP contribution is 2.35. The molecule has 0 radical (unpaired) electrons. The van der Waals surface area contributed by atoms with E-state index in [1.807, 2.05) is 47.2 Å². The molecule has 1 atom stereocenters. The summed E-state index contributed by atoms with van der Waals surface area (Å²) in [5.74, 6) is 2.99. The van der Waals surface area contributed by atoms with Crippen LogP contribution in [0.25, 0.3) is 0 Å². The molecule has 1 aliphatic heterocycles. The Morgan fingerprint density at radius 3 is 2.32 bits per heavy atom. The number of hydrogen-bond acceptors (Lipinski definition) is 8. The standard InChI is InChI=1S/C25H32N6O3/c1-5-12-29-13-15-30(16-14-29)24(20-8-11-22(33-3)23(17-20)34-4)25-26-27-28-31(25)18-19-6-9-21(32-2)10-7-19/h5-11,17,24H,1,12-16,18H2,2-4H3. The van der Waals surface area contributed by atoms with E-state index in [1.165, 1.54) is 0 Å². The van der Waals surface area contributed by atoms with Crippen LogP contribution in [0.1, 0.15) is 23.0 Å². The first kappa shape index (κ1) is 23.7. The van der Waals surface area contributed by atoms with Crippen molar-refractivity contribution in [3.63, 3.8) is 0 Å². The fourth-order valence-electron chi connectivity index (χ4n) is 4.36. The van der Waals surface area contributed by atoms with Gasteiger partial charge in [-0.15, -0.1) is 11.7 Å². The van der Waals surface area contributed by atoms with Gasteiger partial charge in [-0.1, -0.05) is 24.3 Å². The van der Waals surface area contributed by atoms with Gasteiger partial charge in [-0.25, -0.2) is 4.68 Å². The molecular formula is C25H32N6O3. The second kappa shape index (κ2) is 11.1. The van der Waals surface area contributed by atoms with Gasteiger partial charge in [-0.05, 0) is 45.8 Å². The van der Waals surface area contributed by atoms with E-state index in [2.05, 4.69) is 38.0 Å². The highest BCUT2D eigenvalue weighted by molar-refractivity contribution is 5.45. The molecule has 4 rings (SSSR count). The molecule has 0 amide bonds. The Labute approximate surface area is 200 Å². The van der Waals surface area contributed by atoms with Crippen LogP contribution in [0.4, 0.5) is 0 Å². The van der Waals surface area contributed by atoms with Crippen molar-refractivity contribution in [1.29, 1.82) is 0 Å². The number of nitrogens with zero attached hydrogens (tertiary/aromatic N) is 6. The van der Waals surface area contributed by atoms with E-state index >= 15 is 0 Å². The number of hydrogen-bond donors (Lipinski definition) is 0. The summed E-state index contributed by atoms with van der Waals surface area (Å²) >= 11 is 0. The smallest absolute Gasteiger partial charge is 0.173 e. The largest absolute Gasteiger partial charge is 0.497 e. The monoisotopic (exact) mass is 464 g/mol. The zero-order valence-electron chi connectivity index (χ0n) is 20.1. The molecule has 34 heavy (non-hydrogen) atoms. The number of rotatable bonds is 10. The lowest BCUT2D eigenvalue weighted by Gasteiger charge is -2.38. The molecular weight excluding hydrogens is 432 g/mol. The minimum absolute atomic E-state index is 0.126. The molecule has 1 saturated heterocycles. The summed E-state index contributed by atoms with van der Waals surface area (Å²) in [7, 11) is 4.96. The average molecular weight is 465 g/mol. The molecule has 2 aromatic carbocycles. The first-order valence-corrected chi connectivity index (χ1v) is 11.3. The molecule has 0 saturated carbocycles. The Kier molecular flexibility index (Phi) is 7.76. The first-order chi connectivity index (χ1) is 16.7. The van der Waals surface area contributed by atoms with E-state index in [0.29, 0.717) is 18.0 Å². The first-order valence-electron chi connectivity index (χ1n) is 11.3. The van der Waals surface area contributed by atoms with E-state index in [4.69, 9.17) is 14.2 Å². The Hall–Kier alpha value is -3.43. The zero-order chi connectivity index (χ0) is 23.9. The average Bonchev–Trinajstić information content (AvgIpc) is 3.33. The van der Waals surface area contributed by atoms with Crippen molar-refractivity contribution < 1.29 is 14.2 Å². The maximum Gasteiger partial charge on any atom is 0.173 e. The van der Waals surface area contributed by atoms with Crippen molar-refractivity contribution in [3.05, 3.63) is 72.1 Å². The van der Waals surface area contributed by atoms with Gasteiger partial charge in [0.1, 0.15) is 5.75 Å². The van der Waals surface area contributed by atoms with Gasteiger partial charge in [0.2, 0.25) is 0 Å². The second-order valence-corrected chi connectivity index (χ2v) is 8.19. The summed E-state index contributed by atoms with van der Waals surface area (Å²) in [6.45, 7) is 9.02. The maximum absolute atomic E-state index is 5.60. The number of tetrazole rings is 1. The molecule has 0 bridgehead atoms. The van der Waals surface area contributed by atoms with Gasteiger partial charge >= 0.3 is 0 Å². The van der Waals surface area contributed by atoms with Gasteiger partial charge in [-0.2, -0.15) is 0 Å². The van der Waals surface area contributed by atoms with Gasteiger partial charge in [0.25, 0.3) is 0 Å². The Bertz CT molecular complexity index is 1080. The molecule has 0 aliphatic carbocycles. The van der Waals surface area contributed by atoms with Gasteiger partial charge in [0.05, 0.1) is 33.9 Å². The van der Waals surface area contributed by atoms with E-state index in [0.717, 1.165) is 55.4 Å². The molecule has 1 fully saturated rings. The summed E-state index contributed by atoms with van der Waals surface area (Å²) in [6, 6.07) is 13.9. The number of piperazine rings is 1. The predicted octanol–water partition coefficient (Wildman–Crippen LogP) is 2.64. The van der Waals surface area contributed by atoms with Crippen molar-refractivity contribution >= 4 is 0 Å². The van der Waals surface area contributed by atoms with Gasteiger partial charge in [0.15, 0.2) is 17.3 Å². The fraction of sp³-hybridized carbons (Fsp3) is 0.400. The molecule has 9 heteroatoms. The lowest BCUT2D eigenvalue weighted by Crippen LogP contribution is -2.48. The zero-order valence-corrected chi connectivity index (χ0v) is 20.1. The Morgan fingerprint density at radius 1 is 0.941 bits per heavy atom. The van der Waals surface area contributed by atoms with Crippen molar-refractivity contribution in [3.8, 4) is 17.2 Å². The van der Waals surface area contributed by atoms with E-state index in [1.54, 1.807) is 21.3 Å². The van der Waals surface area contributed by atoms with Crippen LogP contribution >= 0.6 is 0 Å². The number of methoxy groups -OCH3 is 3. The number of ether oxygens (including phenoxy) is 3. The third-order valence-electron chi connectivity index (χ3n) is 6.18. The van der Waals surface area contributed by atoms with Crippen molar-refractivity contribution in [2.45, 2.75) is 12.6 Å². The molecule has 1 aromatic heterocycles. The van der Waals surface area contributed by atoms with Crippen LogP contribution in [-0.2, 0) is 6.54 Å².